The molecule has 0 atom stereocenters. The lowest BCUT2D eigenvalue weighted by Gasteiger charge is -2.08. The molecule has 0 radical (unpaired) electrons. The number of phenols is 1. The molecule has 17 heavy (non-hydrogen) atoms. The van der Waals surface area contributed by atoms with E-state index in [2.05, 4.69) is 21.2 Å². The standard InChI is InChI=1S/C13H11BrFNO/c14-10-3-6-12(15)13(7-10)16-8-9-1-4-11(17)5-2-9/h1-7,16-17H,8H2. The molecule has 0 saturated carbocycles. The van der Waals surface area contributed by atoms with Crippen LogP contribution in [0.3, 0.4) is 0 Å². The second kappa shape index (κ2) is 5.19. The number of phenolic OH excluding ortho intramolecular Hbond substituents is 1. The first-order valence-electron chi connectivity index (χ1n) is 5.12. The zero-order valence-corrected chi connectivity index (χ0v) is 10.5. The Morgan fingerprint density at radius 3 is 2.53 bits per heavy atom. The van der Waals surface area contributed by atoms with E-state index in [1.54, 1.807) is 36.4 Å². The fourth-order valence-electron chi connectivity index (χ4n) is 1.44. The topological polar surface area (TPSA) is 32.3 Å². The summed E-state index contributed by atoms with van der Waals surface area (Å²) < 4.78 is 14.2. The first-order chi connectivity index (χ1) is 8.15. The molecule has 0 saturated heterocycles. The molecule has 0 unspecified atom stereocenters. The van der Waals surface area contributed by atoms with Gasteiger partial charge in [-0.25, -0.2) is 4.39 Å². The van der Waals surface area contributed by atoms with Crippen LogP contribution in [0.25, 0.3) is 0 Å². The summed E-state index contributed by atoms with van der Waals surface area (Å²) in [5.74, 6) is -0.0608. The molecule has 0 aromatic heterocycles. The van der Waals surface area contributed by atoms with Crippen molar-refractivity contribution in [1.82, 2.24) is 0 Å². The lowest BCUT2D eigenvalue weighted by molar-refractivity contribution is 0.475. The number of hydrogen-bond acceptors (Lipinski definition) is 2. The van der Waals surface area contributed by atoms with Crippen molar-refractivity contribution in [3.05, 3.63) is 58.3 Å². The third-order valence-electron chi connectivity index (χ3n) is 2.35. The van der Waals surface area contributed by atoms with E-state index in [-0.39, 0.29) is 11.6 Å². The van der Waals surface area contributed by atoms with E-state index in [9.17, 15) is 4.39 Å². The first-order valence-corrected chi connectivity index (χ1v) is 5.91. The van der Waals surface area contributed by atoms with E-state index >= 15 is 0 Å². The fourth-order valence-corrected chi connectivity index (χ4v) is 1.81. The van der Waals surface area contributed by atoms with Crippen molar-refractivity contribution in [1.29, 1.82) is 0 Å². The predicted molar refractivity (Wildman–Crippen MR) is 69.5 cm³/mol. The summed E-state index contributed by atoms with van der Waals surface area (Å²) in [7, 11) is 0. The molecule has 2 aromatic carbocycles. The molecule has 2 N–H and O–H groups in total. The van der Waals surface area contributed by atoms with Gasteiger partial charge in [-0.3, -0.25) is 0 Å². The minimum atomic E-state index is -0.285. The van der Waals surface area contributed by atoms with Crippen LogP contribution in [0.5, 0.6) is 5.75 Å². The van der Waals surface area contributed by atoms with E-state index in [1.807, 2.05) is 0 Å². The SMILES string of the molecule is Oc1ccc(CNc2cc(Br)ccc2F)cc1. The molecule has 0 aliphatic rings. The minimum absolute atomic E-state index is 0.224. The van der Waals surface area contributed by atoms with Gasteiger partial charge in [-0.05, 0) is 35.9 Å². The Balaban J connectivity index is 2.07. The Bertz CT molecular complexity index is 513. The highest BCUT2D eigenvalue weighted by Gasteiger charge is 2.02. The van der Waals surface area contributed by atoms with E-state index in [4.69, 9.17) is 5.11 Å². The monoisotopic (exact) mass is 295 g/mol. The molecule has 0 amide bonds. The summed E-state index contributed by atoms with van der Waals surface area (Å²) in [4.78, 5) is 0. The number of benzene rings is 2. The number of anilines is 1. The van der Waals surface area contributed by atoms with Crippen LogP contribution in [0.4, 0.5) is 10.1 Å². The van der Waals surface area contributed by atoms with Crippen LogP contribution >= 0.6 is 15.9 Å². The molecular formula is C13H11BrFNO. The Morgan fingerprint density at radius 2 is 1.82 bits per heavy atom. The molecule has 2 aromatic rings. The van der Waals surface area contributed by atoms with E-state index in [0.29, 0.717) is 12.2 Å². The van der Waals surface area contributed by atoms with Gasteiger partial charge in [-0.2, -0.15) is 0 Å². The minimum Gasteiger partial charge on any atom is -0.508 e. The number of hydrogen-bond donors (Lipinski definition) is 2. The third-order valence-corrected chi connectivity index (χ3v) is 2.84. The molecule has 2 nitrogen and oxygen atoms in total. The smallest absolute Gasteiger partial charge is 0.146 e. The van der Waals surface area contributed by atoms with Crippen LogP contribution in [0.15, 0.2) is 46.9 Å². The Kier molecular flexibility index (Phi) is 3.64. The lowest BCUT2D eigenvalue weighted by Crippen LogP contribution is -2.01. The average Bonchev–Trinajstić information content (AvgIpc) is 2.32. The zero-order chi connectivity index (χ0) is 12.3. The summed E-state index contributed by atoms with van der Waals surface area (Å²) in [6, 6.07) is 11.5. The fraction of sp³-hybridized carbons (Fsp3) is 0.0769. The number of nitrogens with one attached hydrogen (secondary N) is 1. The quantitative estimate of drug-likeness (QED) is 0.900. The normalized spacial score (nSPS) is 10.2. The summed E-state index contributed by atoms with van der Waals surface area (Å²) in [6.45, 7) is 0.508. The second-order valence-electron chi connectivity index (χ2n) is 3.64. The highest BCUT2D eigenvalue weighted by atomic mass is 79.9. The molecular weight excluding hydrogens is 285 g/mol. The molecule has 0 fully saturated rings. The van der Waals surface area contributed by atoms with Crippen molar-refractivity contribution in [2.45, 2.75) is 6.54 Å². The van der Waals surface area contributed by atoms with Crippen molar-refractivity contribution in [3.63, 3.8) is 0 Å². The predicted octanol–water partition coefficient (Wildman–Crippen LogP) is 3.91. The van der Waals surface area contributed by atoms with Crippen LogP contribution in [-0.4, -0.2) is 5.11 Å². The Labute approximate surface area is 107 Å². The molecule has 4 heteroatoms. The highest BCUT2D eigenvalue weighted by molar-refractivity contribution is 9.10. The van der Waals surface area contributed by atoms with Crippen molar-refractivity contribution in [2.24, 2.45) is 0 Å². The van der Waals surface area contributed by atoms with Gasteiger partial charge in [0.25, 0.3) is 0 Å². The molecule has 0 spiro atoms. The molecule has 0 aliphatic carbocycles. The third kappa shape index (κ3) is 3.20. The van der Waals surface area contributed by atoms with Crippen molar-refractivity contribution in [3.8, 4) is 5.75 Å². The van der Waals surface area contributed by atoms with E-state index < -0.39 is 0 Å². The van der Waals surface area contributed by atoms with Gasteiger partial charge in [0.2, 0.25) is 0 Å². The van der Waals surface area contributed by atoms with Crippen LogP contribution in [0.2, 0.25) is 0 Å². The zero-order valence-electron chi connectivity index (χ0n) is 8.95. The molecule has 0 heterocycles. The van der Waals surface area contributed by atoms with Crippen molar-refractivity contribution >= 4 is 21.6 Å². The number of rotatable bonds is 3. The lowest BCUT2D eigenvalue weighted by atomic mass is 10.2. The van der Waals surface area contributed by atoms with Crippen LogP contribution in [0.1, 0.15) is 5.56 Å². The maximum absolute atomic E-state index is 13.4. The summed E-state index contributed by atoms with van der Waals surface area (Å²) in [6.07, 6.45) is 0. The van der Waals surface area contributed by atoms with Crippen LogP contribution in [-0.2, 0) is 6.54 Å². The summed E-state index contributed by atoms with van der Waals surface area (Å²) in [5, 5.41) is 12.1. The van der Waals surface area contributed by atoms with E-state index in [1.165, 1.54) is 6.07 Å². The van der Waals surface area contributed by atoms with Crippen molar-refractivity contribution < 1.29 is 9.50 Å². The van der Waals surface area contributed by atoms with Gasteiger partial charge in [-0.15, -0.1) is 0 Å². The summed E-state index contributed by atoms with van der Waals surface area (Å²) in [5.41, 5.74) is 1.43. The number of halogens is 2. The van der Waals surface area contributed by atoms with Gasteiger partial charge >= 0.3 is 0 Å². The maximum atomic E-state index is 13.4. The molecule has 2 rings (SSSR count). The van der Waals surface area contributed by atoms with Gasteiger partial charge in [0.15, 0.2) is 0 Å². The summed E-state index contributed by atoms with van der Waals surface area (Å²) >= 11 is 3.29. The van der Waals surface area contributed by atoms with Crippen LogP contribution in [0, 0.1) is 5.82 Å². The van der Waals surface area contributed by atoms with Crippen LogP contribution < -0.4 is 5.32 Å². The van der Waals surface area contributed by atoms with Gasteiger partial charge in [-0.1, -0.05) is 28.1 Å². The largest absolute Gasteiger partial charge is 0.508 e. The Hall–Kier alpha value is -1.55. The second-order valence-corrected chi connectivity index (χ2v) is 4.56. The molecule has 0 aliphatic heterocycles. The van der Waals surface area contributed by atoms with E-state index in [0.717, 1.165) is 10.0 Å². The maximum Gasteiger partial charge on any atom is 0.146 e. The molecule has 0 bridgehead atoms. The van der Waals surface area contributed by atoms with Crippen molar-refractivity contribution in [2.75, 3.05) is 5.32 Å². The highest BCUT2D eigenvalue weighted by Crippen LogP contribution is 2.21. The van der Waals surface area contributed by atoms with Gasteiger partial charge in [0.05, 0.1) is 5.69 Å². The van der Waals surface area contributed by atoms with Gasteiger partial charge < -0.3 is 10.4 Å². The average molecular weight is 296 g/mol. The van der Waals surface area contributed by atoms with Gasteiger partial charge in [0, 0.05) is 11.0 Å². The number of aromatic hydroxyl groups is 1. The Morgan fingerprint density at radius 1 is 1.12 bits per heavy atom. The van der Waals surface area contributed by atoms with Gasteiger partial charge in [0.1, 0.15) is 11.6 Å². The first kappa shape index (κ1) is 11.9. The molecule has 88 valence electrons.